The predicted octanol–water partition coefficient (Wildman–Crippen LogP) is 2.24. The van der Waals surface area contributed by atoms with Crippen LogP contribution in [0.5, 0.6) is 0 Å². The third-order valence-corrected chi connectivity index (χ3v) is 5.05. The summed E-state index contributed by atoms with van der Waals surface area (Å²) in [5.74, 6) is 0.486. The van der Waals surface area contributed by atoms with Crippen LogP contribution in [0, 0.1) is 0 Å². The summed E-state index contributed by atoms with van der Waals surface area (Å²) in [6, 6.07) is 7.44. The van der Waals surface area contributed by atoms with Crippen LogP contribution in [-0.4, -0.2) is 38.7 Å². The van der Waals surface area contributed by atoms with Crippen LogP contribution in [0.4, 0.5) is 16.2 Å². The Kier molecular flexibility index (Phi) is 5.06. The van der Waals surface area contributed by atoms with Crippen molar-refractivity contribution in [2.75, 3.05) is 28.7 Å². The monoisotopic (exact) mass is 312 g/mol. The van der Waals surface area contributed by atoms with Crippen molar-refractivity contribution in [3.8, 4) is 0 Å². The van der Waals surface area contributed by atoms with Crippen LogP contribution in [0.1, 0.15) is 19.8 Å². The molecule has 1 saturated heterocycles. The molecule has 21 heavy (non-hydrogen) atoms. The molecule has 1 aromatic carbocycles. The van der Waals surface area contributed by atoms with E-state index in [1.807, 2.05) is 12.1 Å². The zero-order chi connectivity index (χ0) is 15.3. The molecule has 0 spiro atoms. The van der Waals surface area contributed by atoms with Gasteiger partial charge in [-0.15, -0.1) is 0 Å². The lowest BCUT2D eigenvalue weighted by molar-refractivity contribution is 0.168. The molecular formula is C14H20N2O4S. The molecule has 2 N–H and O–H groups in total. The van der Waals surface area contributed by atoms with Crippen molar-refractivity contribution >= 4 is 27.3 Å². The largest absolute Gasteiger partial charge is 0.450 e. The summed E-state index contributed by atoms with van der Waals surface area (Å²) in [7, 11) is -2.84. The van der Waals surface area contributed by atoms with Gasteiger partial charge in [0.25, 0.3) is 0 Å². The van der Waals surface area contributed by atoms with Crippen molar-refractivity contribution in [3.63, 3.8) is 0 Å². The highest BCUT2D eigenvalue weighted by Gasteiger charge is 2.23. The molecule has 1 fully saturated rings. The highest BCUT2D eigenvalue weighted by Crippen LogP contribution is 2.19. The van der Waals surface area contributed by atoms with E-state index in [1.54, 1.807) is 19.1 Å². The first-order chi connectivity index (χ1) is 9.98. The molecule has 2 rings (SSSR count). The smallest absolute Gasteiger partial charge is 0.411 e. The Balaban J connectivity index is 1.86. The lowest BCUT2D eigenvalue weighted by atomic mass is 10.1. The van der Waals surface area contributed by atoms with E-state index in [9.17, 15) is 13.2 Å². The number of benzene rings is 1. The Morgan fingerprint density at radius 3 is 2.33 bits per heavy atom. The molecule has 0 atom stereocenters. The lowest BCUT2D eigenvalue weighted by Gasteiger charge is -2.24. The quantitative estimate of drug-likeness (QED) is 0.890. The zero-order valence-corrected chi connectivity index (χ0v) is 12.8. The van der Waals surface area contributed by atoms with Crippen LogP contribution in [0.25, 0.3) is 0 Å². The highest BCUT2D eigenvalue weighted by atomic mass is 32.2. The van der Waals surface area contributed by atoms with E-state index in [1.165, 1.54) is 0 Å². The van der Waals surface area contributed by atoms with Gasteiger partial charge in [0, 0.05) is 17.4 Å². The molecule has 1 aliphatic heterocycles. The molecule has 1 heterocycles. The second-order valence-corrected chi connectivity index (χ2v) is 7.30. The Labute approximate surface area is 124 Å². The number of ether oxygens (including phenoxy) is 1. The first-order valence-electron chi connectivity index (χ1n) is 6.99. The first kappa shape index (κ1) is 15.6. The molecule has 116 valence electrons. The molecule has 1 aromatic rings. The number of carbonyl (C=O) groups is 1. The maximum Gasteiger partial charge on any atom is 0.411 e. The third-order valence-electron chi connectivity index (χ3n) is 3.33. The van der Waals surface area contributed by atoms with Crippen LogP contribution in [-0.2, 0) is 14.6 Å². The van der Waals surface area contributed by atoms with Crippen LogP contribution >= 0.6 is 0 Å². The molecule has 7 heteroatoms. The number of hydrogen-bond donors (Lipinski definition) is 2. The van der Waals surface area contributed by atoms with Crippen molar-refractivity contribution in [1.82, 2.24) is 0 Å². The van der Waals surface area contributed by atoms with Crippen LogP contribution < -0.4 is 10.6 Å². The molecule has 0 radical (unpaired) electrons. The molecule has 6 nitrogen and oxygen atoms in total. The van der Waals surface area contributed by atoms with Crippen LogP contribution in [0.2, 0.25) is 0 Å². The minimum Gasteiger partial charge on any atom is -0.450 e. The predicted molar refractivity (Wildman–Crippen MR) is 82.4 cm³/mol. The van der Waals surface area contributed by atoms with Gasteiger partial charge >= 0.3 is 6.09 Å². The van der Waals surface area contributed by atoms with E-state index >= 15 is 0 Å². The summed E-state index contributed by atoms with van der Waals surface area (Å²) in [5.41, 5.74) is 1.57. The fraction of sp³-hybridized carbons (Fsp3) is 0.500. The van der Waals surface area contributed by atoms with Gasteiger partial charge in [0.1, 0.15) is 9.84 Å². The second-order valence-electron chi connectivity index (χ2n) is 4.99. The van der Waals surface area contributed by atoms with Gasteiger partial charge in [-0.1, -0.05) is 0 Å². The van der Waals surface area contributed by atoms with Crippen molar-refractivity contribution in [2.45, 2.75) is 25.8 Å². The maximum atomic E-state index is 11.4. The summed E-state index contributed by atoms with van der Waals surface area (Å²) in [6.45, 7) is 2.08. The van der Waals surface area contributed by atoms with E-state index in [0.29, 0.717) is 25.1 Å². The summed E-state index contributed by atoms with van der Waals surface area (Å²) in [6.07, 6.45) is 0.784. The first-order valence-corrected chi connectivity index (χ1v) is 8.81. The molecule has 0 saturated carbocycles. The van der Waals surface area contributed by atoms with E-state index in [4.69, 9.17) is 4.74 Å². The molecule has 1 amide bonds. The average molecular weight is 312 g/mol. The molecular weight excluding hydrogens is 292 g/mol. The Hall–Kier alpha value is -1.76. The van der Waals surface area contributed by atoms with Gasteiger partial charge in [-0.2, -0.15) is 0 Å². The van der Waals surface area contributed by atoms with Crippen molar-refractivity contribution in [3.05, 3.63) is 24.3 Å². The lowest BCUT2D eigenvalue weighted by Crippen LogP contribution is -2.32. The summed E-state index contributed by atoms with van der Waals surface area (Å²) < 4.78 is 27.5. The molecule has 0 bridgehead atoms. The fourth-order valence-electron chi connectivity index (χ4n) is 2.20. The number of hydrogen-bond acceptors (Lipinski definition) is 5. The molecule has 0 aromatic heterocycles. The normalized spacial score (nSPS) is 18.0. The van der Waals surface area contributed by atoms with Gasteiger partial charge in [0.05, 0.1) is 18.1 Å². The molecule has 0 aliphatic carbocycles. The Morgan fingerprint density at radius 1 is 1.19 bits per heavy atom. The van der Waals surface area contributed by atoms with Gasteiger partial charge in [-0.25, -0.2) is 13.2 Å². The summed E-state index contributed by atoms with van der Waals surface area (Å²) in [4.78, 5) is 11.3. The highest BCUT2D eigenvalue weighted by molar-refractivity contribution is 7.91. The van der Waals surface area contributed by atoms with Gasteiger partial charge in [-0.05, 0) is 44.0 Å². The summed E-state index contributed by atoms with van der Waals surface area (Å²) in [5, 5.41) is 5.93. The van der Waals surface area contributed by atoms with Gasteiger partial charge < -0.3 is 10.1 Å². The van der Waals surface area contributed by atoms with Gasteiger partial charge in [0.2, 0.25) is 0 Å². The standard InChI is InChI=1S/C14H20N2O4S/c1-2-20-14(17)16-12-5-3-11(4-6-12)15-13-7-9-21(18,19)10-8-13/h3-6,13,15H,2,7-10H2,1H3,(H,16,17). The minimum atomic E-state index is -2.84. The Morgan fingerprint density at radius 2 is 1.76 bits per heavy atom. The maximum absolute atomic E-state index is 11.4. The van der Waals surface area contributed by atoms with E-state index in [0.717, 1.165) is 5.69 Å². The second kappa shape index (κ2) is 6.80. The number of carbonyl (C=O) groups excluding carboxylic acids is 1. The summed E-state index contributed by atoms with van der Waals surface area (Å²) >= 11 is 0. The van der Waals surface area contributed by atoms with E-state index in [2.05, 4.69) is 10.6 Å². The fourth-order valence-corrected chi connectivity index (χ4v) is 3.70. The SMILES string of the molecule is CCOC(=O)Nc1ccc(NC2CCS(=O)(=O)CC2)cc1. The third kappa shape index (κ3) is 4.93. The van der Waals surface area contributed by atoms with Crippen molar-refractivity contribution < 1.29 is 17.9 Å². The topological polar surface area (TPSA) is 84.5 Å². The minimum absolute atomic E-state index is 0.178. The van der Waals surface area contributed by atoms with E-state index < -0.39 is 15.9 Å². The van der Waals surface area contributed by atoms with Gasteiger partial charge in [0.15, 0.2) is 0 Å². The zero-order valence-electron chi connectivity index (χ0n) is 12.0. The number of sulfone groups is 1. The number of anilines is 2. The van der Waals surface area contributed by atoms with Gasteiger partial charge in [-0.3, -0.25) is 5.32 Å². The molecule has 1 aliphatic rings. The van der Waals surface area contributed by atoms with Crippen molar-refractivity contribution in [2.24, 2.45) is 0 Å². The van der Waals surface area contributed by atoms with Crippen LogP contribution in [0.3, 0.4) is 0 Å². The average Bonchev–Trinajstić information content (AvgIpc) is 2.43. The van der Waals surface area contributed by atoms with Crippen LogP contribution in [0.15, 0.2) is 24.3 Å². The van der Waals surface area contributed by atoms with Crippen molar-refractivity contribution in [1.29, 1.82) is 0 Å². The van der Waals surface area contributed by atoms with E-state index in [-0.39, 0.29) is 17.5 Å². The number of nitrogens with one attached hydrogen (secondary N) is 2. The Bertz CT molecular complexity index is 569. The molecule has 0 unspecified atom stereocenters. The number of amides is 1. The number of rotatable bonds is 4.